The van der Waals surface area contributed by atoms with Crippen LogP contribution in [0.2, 0.25) is 0 Å². The Morgan fingerprint density at radius 1 is 1.40 bits per heavy atom. The first-order valence-electron chi connectivity index (χ1n) is 6.09. The van der Waals surface area contributed by atoms with Gasteiger partial charge < -0.3 is 10.4 Å². The number of amides is 1. The molecule has 1 atom stereocenters. The molecule has 20 heavy (non-hydrogen) atoms. The van der Waals surface area contributed by atoms with Gasteiger partial charge >= 0.3 is 5.97 Å². The summed E-state index contributed by atoms with van der Waals surface area (Å²) < 4.78 is 13.3. The molecule has 1 amide bonds. The molecule has 1 aromatic rings. The fourth-order valence-corrected chi connectivity index (χ4v) is 2.23. The van der Waals surface area contributed by atoms with E-state index >= 15 is 0 Å². The van der Waals surface area contributed by atoms with Crippen LogP contribution in [-0.4, -0.2) is 41.0 Å². The van der Waals surface area contributed by atoms with Gasteiger partial charge in [0.2, 0.25) is 5.91 Å². The summed E-state index contributed by atoms with van der Waals surface area (Å²) in [5.74, 6) is -1.83. The number of carbonyl (C=O) groups excluding carboxylic acids is 1. The van der Waals surface area contributed by atoms with Crippen molar-refractivity contribution in [3.05, 3.63) is 30.1 Å². The maximum Gasteiger partial charge on any atom is 0.320 e. The average Bonchev–Trinajstić information content (AvgIpc) is 2.80. The van der Waals surface area contributed by atoms with Crippen molar-refractivity contribution >= 4 is 30.0 Å². The summed E-state index contributed by atoms with van der Waals surface area (Å²) in [6, 6.07) is 5.25. The number of para-hydroxylation sites is 1. The third kappa shape index (κ3) is 3.91. The smallest absolute Gasteiger partial charge is 0.320 e. The van der Waals surface area contributed by atoms with Crippen molar-refractivity contribution in [2.75, 3.05) is 18.4 Å². The second-order valence-electron chi connectivity index (χ2n) is 4.49. The summed E-state index contributed by atoms with van der Waals surface area (Å²) in [7, 11) is 0. The van der Waals surface area contributed by atoms with Crippen molar-refractivity contribution in [3.8, 4) is 0 Å². The Balaban J connectivity index is 0.00000200. The first-order valence-corrected chi connectivity index (χ1v) is 6.09. The predicted molar refractivity (Wildman–Crippen MR) is 74.5 cm³/mol. The van der Waals surface area contributed by atoms with E-state index in [1.807, 2.05) is 0 Å². The van der Waals surface area contributed by atoms with E-state index in [-0.39, 0.29) is 24.6 Å². The summed E-state index contributed by atoms with van der Waals surface area (Å²) in [6.45, 7) is 0.535. The molecule has 1 aliphatic heterocycles. The van der Waals surface area contributed by atoms with Gasteiger partial charge in [0.25, 0.3) is 0 Å². The van der Waals surface area contributed by atoms with Crippen molar-refractivity contribution in [1.29, 1.82) is 0 Å². The zero-order valence-electron chi connectivity index (χ0n) is 10.7. The molecule has 0 aliphatic carbocycles. The van der Waals surface area contributed by atoms with Gasteiger partial charge in [-0.2, -0.15) is 0 Å². The summed E-state index contributed by atoms with van der Waals surface area (Å²) in [5, 5.41) is 11.4. The molecule has 7 heteroatoms. The van der Waals surface area contributed by atoms with Crippen LogP contribution in [0.15, 0.2) is 24.3 Å². The number of aliphatic carboxylic acids is 1. The lowest BCUT2D eigenvalue weighted by atomic mass is 10.2. The first-order chi connectivity index (χ1) is 9.08. The molecule has 1 aromatic carbocycles. The number of hydrogen-bond acceptors (Lipinski definition) is 3. The molecule has 2 N–H and O–H groups in total. The molecular weight excluding hydrogens is 287 g/mol. The van der Waals surface area contributed by atoms with E-state index in [1.54, 1.807) is 11.0 Å². The highest BCUT2D eigenvalue weighted by molar-refractivity contribution is 5.92. The van der Waals surface area contributed by atoms with Crippen LogP contribution in [0.4, 0.5) is 10.1 Å². The zero-order chi connectivity index (χ0) is 13.8. The van der Waals surface area contributed by atoms with Crippen LogP contribution < -0.4 is 5.32 Å². The lowest BCUT2D eigenvalue weighted by Gasteiger charge is -2.20. The predicted octanol–water partition coefficient (Wildman–Crippen LogP) is 1.73. The number of carbonyl (C=O) groups is 2. The second kappa shape index (κ2) is 7.21. The van der Waals surface area contributed by atoms with E-state index in [2.05, 4.69) is 5.32 Å². The number of nitrogens with zero attached hydrogens (tertiary/aromatic N) is 1. The van der Waals surface area contributed by atoms with E-state index in [0.717, 1.165) is 6.42 Å². The molecule has 2 rings (SSSR count). The Morgan fingerprint density at radius 2 is 2.10 bits per heavy atom. The van der Waals surface area contributed by atoms with Crippen LogP contribution in [-0.2, 0) is 9.59 Å². The second-order valence-corrected chi connectivity index (χ2v) is 4.49. The van der Waals surface area contributed by atoms with Crippen LogP contribution >= 0.6 is 12.4 Å². The summed E-state index contributed by atoms with van der Waals surface area (Å²) in [5.41, 5.74) is 0.110. The molecule has 0 unspecified atom stereocenters. The number of nitrogens with one attached hydrogen (secondary N) is 1. The lowest BCUT2D eigenvalue weighted by Crippen LogP contribution is -2.41. The van der Waals surface area contributed by atoms with Gasteiger partial charge in [-0.3, -0.25) is 14.5 Å². The topological polar surface area (TPSA) is 69.6 Å². The highest BCUT2D eigenvalue weighted by atomic mass is 35.5. The Kier molecular flexibility index (Phi) is 5.91. The van der Waals surface area contributed by atoms with E-state index < -0.39 is 23.7 Å². The Morgan fingerprint density at radius 3 is 2.75 bits per heavy atom. The number of halogens is 2. The molecule has 1 aliphatic rings. The van der Waals surface area contributed by atoms with E-state index in [9.17, 15) is 14.0 Å². The van der Waals surface area contributed by atoms with Crippen LogP contribution in [0.5, 0.6) is 0 Å². The molecule has 0 radical (unpaired) electrons. The largest absolute Gasteiger partial charge is 0.480 e. The third-order valence-corrected chi connectivity index (χ3v) is 3.14. The molecule has 1 heterocycles. The van der Waals surface area contributed by atoms with Crippen molar-refractivity contribution in [3.63, 3.8) is 0 Å². The van der Waals surface area contributed by atoms with Crippen molar-refractivity contribution in [1.82, 2.24) is 4.90 Å². The average molecular weight is 303 g/mol. The fraction of sp³-hybridized carbons (Fsp3) is 0.385. The summed E-state index contributed by atoms with van der Waals surface area (Å²) >= 11 is 0. The number of carboxylic acid groups (broad SMARTS) is 1. The Bertz CT molecular complexity index is 498. The van der Waals surface area contributed by atoms with Gasteiger partial charge in [0, 0.05) is 0 Å². The van der Waals surface area contributed by atoms with Crippen LogP contribution in [0.25, 0.3) is 0 Å². The third-order valence-electron chi connectivity index (χ3n) is 3.14. The maximum atomic E-state index is 13.3. The minimum absolute atomic E-state index is 0. The Labute approximate surface area is 122 Å². The number of benzene rings is 1. The van der Waals surface area contributed by atoms with Crippen LogP contribution in [0.1, 0.15) is 12.8 Å². The van der Waals surface area contributed by atoms with Crippen molar-refractivity contribution in [2.24, 2.45) is 0 Å². The SMILES string of the molecule is Cl.O=C(CN1CCC[C@H]1C(=O)O)Nc1ccccc1F. The molecule has 0 spiro atoms. The molecule has 0 aromatic heterocycles. The van der Waals surface area contributed by atoms with Gasteiger partial charge in [0.1, 0.15) is 11.9 Å². The van der Waals surface area contributed by atoms with Gasteiger partial charge in [0.05, 0.1) is 12.2 Å². The molecular formula is C13H16ClFN2O3. The van der Waals surface area contributed by atoms with Crippen molar-refractivity contribution < 1.29 is 19.1 Å². The molecule has 0 saturated carbocycles. The highest BCUT2D eigenvalue weighted by Crippen LogP contribution is 2.17. The number of carboxylic acids is 1. The summed E-state index contributed by atoms with van der Waals surface area (Å²) in [4.78, 5) is 24.3. The fourth-order valence-electron chi connectivity index (χ4n) is 2.23. The number of hydrogen-bond donors (Lipinski definition) is 2. The van der Waals surface area contributed by atoms with Gasteiger partial charge in [-0.1, -0.05) is 12.1 Å². The monoisotopic (exact) mass is 302 g/mol. The molecule has 5 nitrogen and oxygen atoms in total. The van der Waals surface area contributed by atoms with Crippen molar-refractivity contribution in [2.45, 2.75) is 18.9 Å². The maximum absolute atomic E-state index is 13.3. The van der Waals surface area contributed by atoms with E-state index in [4.69, 9.17) is 5.11 Å². The summed E-state index contributed by atoms with van der Waals surface area (Å²) in [6.07, 6.45) is 1.30. The van der Waals surface area contributed by atoms with Crippen LogP contribution in [0.3, 0.4) is 0 Å². The zero-order valence-corrected chi connectivity index (χ0v) is 11.5. The Hall–Kier alpha value is -1.66. The van der Waals surface area contributed by atoms with Gasteiger partial charge in [-0.15, -0.1) is 12.4 Å². The normalized spacial score (nSPS) is 18.4. The molecule has 1 saturated heterocycles. The van der Waals surface area contributed by atoms with Gasteiger partial charge in [-0.05, 0) is 31.5 Å². The number of anilines is 1. The minimum Gasteiger partial charge on any atom is -0.480 e. The molecule has 0 bridgehead atoms. The van der Waals surface area contributed by atoms with Gasteiger partial charge in [-0.25, -0.2) is 4.39 Å². The van der Waals surface area contributed by atoms with Crippen LogP contribution in [0, 0.1) is 5.82 Å². The standard InChI is InChI=1S/C13H15FN2O3.ClH/c14-9-4-1-2-5-10(9)15-12(17)8-16-7-3-6-11(16)13(18)19;/h1-2,4-5,11H,3,6-8H2,(H,15,17)(H,18,19);1H/t11-;/m0./s1. The molecule has 110 valence electrons. The van der Waals surface area contributed by atoms with E-state index in [0.29, 0.717) is 13.0 Å². The van der Waals surface area contributed by atoms with Gasteiger partial charge in [0.15, 0.2) is 0 Å². The first kappa shape index (κ1) is 16.4. The number of rotatable bonds is 4. The van der Waals surface area contributed by atoms with E-state index in [1.165, 1.54) is 18.2 Å². The number of likely N-dealkylation sites (tertiary alicyclic amines) is 1. The molecule has 1 fully saturated rings. The quantitative estimate of drug-likeness (QED) is 0.889. The lowest BCUT2D eigenvalue weighted by molar-refractivity contribution is -0.142. The highest BCUT2D eigenvalue weighted by Gasteiger charge is 2.31. The minimum atomic E-state index is -0.920.